The third-order valence-corrected chi connectivity index (χ3v) is 4.29. The van der Waals surface area contributed by atoms with Crippen LogP contribution < -0.4 is 10.2 Å². The van der Waals surface area contributed by atoms with Crippen LogP contribution in [-0.2, 0) is 9.59 Å². The van der Waals surface area contributed by atoms with Crippen molar-refractivity contribution in [3.8, 4) is 0 Å². The SMILES string of the molecule is O=C(C[C@@H]1SC(=O)N(c2ccccc2)C1=O)NC1CC1. The van der Waals surface area contributed by atoms with Gasteiger partial charge in [-0.2, -0.15) is 0 Å². The van der Waals surface area contributed by atoms with Gasteiger partial charge in [-0.25, -0.2) is 4.90 Å². The van der Waals surface area contributed by atoms with Crippen LogP contribution in [0.1, 0.15) is 19.3 Å². The van der Waals surface area contributed by atoms with E-state index in [9.17, 15) is 14.4 Å². The number of amides is 3. The molecule has 1 aromatic carbocycles. The van der Waals surface area contributed by atoms with Gasteiger partial charge in [0, 0.05) is 12.5 Å². The predicted molar refractivity (Wildman–Crippen MR) is 76.5 cm³/mol. The number of carbonyl (C=O) groups excluding carboxylic acids is 3. The monoisotopic (exact) mass is 290 g/mol. The average Bonchev–Trinajstić information content (AvgIpc) is 3.18. The van der Waals surface area contributed by atoms with Crippen LogP contribution in [0.25, 0.3) is 0 Å². The van der Waals surface area contributed by atoms with E-state index in [1.165, 1.54) is 0 Å². The number of carbonyl (C=O) groups is 3. The summed E-state index contributed by atoms with van der Waals surface area (Å²) in [5.41, 5.74) is 0.556. The van der Waals surface area contributed by atoms with Crippen molar-refractivity contribution in [2.45, 2.75) is 30.6 Å². The number of anilines is 1. The number of imide groups is 1. The van der Waals surface area contributed by atoms with Crippen LogP contribution in [0.3, 0.4) is 0 Å². The van der Waals surface area contributed by atoms with Gasteiger partial charge in [-0.05, 0) is 36.7 Å². The van der Waals surface area contributed by atoms with E-state index in [4.69, 9.17) is 0 Å². The highest BCUT2D eigenvalue weighted by molar-refractivity contribution is 8.15. The third-order valence-electron chi connectivity index (χ3n) is 3.25. The Labute approximate surface area is 120 Å². The number of nitrogens with one attached hydrogen (secondary N) is 1. The van der Waals surface area contributed by atoms with E-state index in [0.29, 0.717) is 5.69 Å². The van der Waals surface area contributed by atoms with E-state index in [0.717, 1.165) is 29.5 Å². The number of rotatable bonds is 4. The fourth-order valence-electron chi connectivity index (χ4n) is 2.08. The Morgan fingerprint density at radius 3 is 2.60 bits per heavy atom. The van der Waals surface area contributed by atoms with Crippen LogP contribution in [0.2, 0.25) is 0 Å². The molecule has 0 aromatic heterocycles. The quantitative estimate of drug-likeness (QED) is 0.920. The molecule has 1 N–H and O–H groups in total. The van der Waals surface area contributed by atoms with Gasteiger partial charge in [-0.15, -0.1) is 0 Å². The van der Waals surface area contributed by atoms with Gasteiger partial charge in [0.1, 0.15) is 5.25 Å². The van der Waals surface area contributed by atoms with Crippen molar-refractivity contribution in [2.24, 2.45) is 0 Å². The number of nitrogens with zero attached hydrogens (tertiary/aromatic N) is 1. The second-order valence-corrected chi connectivity index (χ2v) is 6.08. The maximum Gasteiger partial charge on any atom is 0.293 e. The van der Waals surface area contributed by atoms with E-state index >= 15 is 0 Å². The van der Waals surface area contributed by atoms with Gasteiger partial charge in [-0.1, -0.05) is 18.2 Å². The Hall–Kier alpha value is -1.82. The lowest BCUT2D eigenvalue weighted by Crippen LogP contribution is -2.34. The zero-order valence-corrected chi connectivity index (χ0v) is 11.6. The molecule has 1 atom stereocenters. The first-order valence-electron chi connectivity index (χ1n) is 6.54. The largest absolute Gasteiger partial charge is 0.353 e. The molecular formula is C14H14N2O3S. The Bertz CT molecular complexity index is 557. The summed E-state index contributed by atoms with van der Waals surface area (Å²) >= 11 is 0.929. The van der Waals surface area contributed by atoms with E-state index in [-0.39, 0.29) is 29.5 Å². The van der Waals surface area contributed by atoms with Crippen LogP contribution in [0.4, 0.5) is 10.5 Å². The highest BCUT2D eigenvalue weighted by atomic mass is 32.2. The molecule has 2 fully saturated rings. The van der Waals surface area contributed by atoms with Crippen LogP contribution in [0.5, 0.6) is 0 Å². The van der Waals surface area contributed by atoms with Crippen molar-refractivity contribution in [3.05, 3.63) is 30.3 Å². The van der Waals surface area contributed by atoms with Crippen LogP contribution in [0.15, 0.2) is 30.3 Å². The second kappa shape index (κ2) is 5.28. The summed E-state index contributed by atoms with van der Waals surface area (Å²) in [6.07, 6.45) is 2.08. The molecule has 1 aromatic rings. The number of para-hydroxylation sites is 1. The molecule has 3 amide bonds. The highest BCUT2D eigenvalue weighted by Crippen LogP contribution is 2.33. The summed E-state index contributed by atoms with van der Waals surface area (Å²) in [5, 5.41) is 1.91. The summed E-state index contributed by atoms with van der Waals surface area (Å²) in [5.74, 6) is -0.460. The van der Waals surface area contributed by atoms with Gasteiger partial charge in [0.25, 0.3) is 5.24 Å². The zero-order chi connectivity index (χ0) is 14.1. The summed E-state index contributed by atoms with van der Waals surface area (Å²) in [7, 11) is 0. The molecule has 104 valence electrons. The van der Waals surface area contributed by atoms with Crippen molar-refractivity contribution >= 4 is 34.5 Å². The van der Waals surface area contributed by atoms with Crippen LogP contribution in [-0.4, -0.2) is 28.3 Å². The fraction of sp³-hybridized carbons (Fsp3) is 0.357. The van der Waals surface area contributed by atoms with E-state index < -0.39 is 5.25 Å². The highest BCUT2D eigenvalue weighted by Gasteiger charge is 2.41. The molecule has 0 spiro atoms. The molecule has 1 saturated heterocycles. The predicted octanol–water partition coefficient (Wildman–Crippen LogP) is 1.92. The maximum absolute atomic E-state index is 12.3. The Kier molecular flexibility index (Phi) is 3.48. The smallest absolute Gasteiger partial charge is 0.293 e. The van der Waals surface area contributed by atoms with Gasteiger partial charge >= 0.3 is 0 Å². The minimum absolute atomic E-state index is 0.0646. The number of thioether (sulfide) groups is 1. The number of benzene rings is 1. The molecule has 5 nitrogen and oxygen atoms in total. The molecule has 20 heavy (non-hydrogen) atoms. The molecule has 2 aliphatic rings. The lowest BCUT2D eigenvalue weighted by atomic mass is 10.2. The molecule has 6 heteroatoms. The van der Waals surface area contributed by atoms with Gasteiger partial charge in [0.2, 0.25) is 11.8 Å². The summed E-state index contributed by atoms with van der Waals surface area (Å²) in [6, 6.07) is 9.06. The molecule has 1 saturated carbocycles. The third kappa shape index (κ3) is 2.70. The number of hydrogen-bond donors (Lipinski definition) is 1. The van der Waals surface area contributed by atoms with Crippen molar-refractivity contribution in [1.82, 2.24) is 5.32 Å². The van der Waals surface area contributed by atoms with E-state index in [1.807, 2.05) is 6.07 Å². The molecule has 3 rings (SSSR count). The first-order valence-corrected chi connectivity index (χ1v) is 7.42. The minimum Gasteiger partial charge on any atom is -0.353 e. The molecule has 1 aliphatic carbocycles. The maximum atomic E-state index is 12.3. The Morgan fingerprint density at radius 2 is 1.95 bits per heavy atom. The lowest BCUT2D eigenvalue weighted by Gasteiger charge is -2.13. The van der Waals surface area contributed by atoms with Crippen molar-refractivity contribution in [2.75, 3.05) is 4.90 Å². The Morgan fingerprint density at radius 1 is 1.25 bits per heavy atom. The first kappa shape index (κ1) is 13.2. The molecule has 0 unspecified atom stereocenters. The normalized spacial score (nSPS) is 22.2. The summed E-state index contributed by atoms with van der Waals surface area (Å²) in [4.78, 5) is 37.1. The Balaban J connectivity index is 1.68. The van der Waals surface area contributed by atoms with Crippen molar-refractivity contribution < 1.29 is 14.4 Å². The topological polar surface area (TPSA) is 66.5 Å². The second-order valence-electron chi connectivity index (χ2n) is 4.93. The zero-order valence-electron chi connectivity index (χ0n) is 10.7. The minimum atomic E-state index is -0.610. The fourth-order valence-corrected chi connectivity index (χ4v) is 3.07. The van der Waals surface area contributed by atoms with Gasteiger partial charge in [0.15, 0.2) is 0 Å². The molecule has 1 heterocycles. The summed E-state index contributed by atoms with van der Waals surface area (Å²) in [6.45, 7) is 0. The first-order chi connectivity index (χ1) is 9.65. The van der Waals surface area contributed by atoms with Crippen molar-refractivity contribution in [3.63, 3.8) is 0 Å². The molecule has 0 bridgehead atoms. The van der Waals surface area contributed by atoms with Crippen LogP contribution in [0, 0.1) is 0 Å². The van der Waals surface area contributed by atoms with Crippen molar-refractivity contribution in [1.29, 1.82) is 0 Å². The molecular weight excluding hydrogens is 276 g/mol. The summed E-state index contributed by atoms with van der Waals surface area (Å²) < 4.78 is 0. The standard InChI is InChI=1S/C14H14N2O3S/c17-12(15-9-6-7-9)8-11-13(18)16(14(19)20-11)10-4-2-1-3-5-10/h1-5,9,11H,6-8H2,(H,15,17)/t11-/m0/s1. The van der Waals surface area contributed by atoms with Crippen LogP contribution >= 0.6 is 11.8 Å². The lowest BCUT2D eigenvalue weighted by molar-refractivity contribution is -0.124. The van der Waals surface area contributed by atoms with E-state index in [2.05, 4.69) is 5.32 Å². The van der Waals surface area contributed by atoms with Gasteiger partial charge < -0.3 is 5.32 Å². The number of hydrogen-bond acceptors (Lipinski definition) is 4. The van der Waals surface area contributed by atoms with Gasteiger partial charge in [-0.3, -0.25) is 14.4 Å². The molecule has 0 radical (unpaired) electrons. The molecule has 1 aliphatic heterocycles. The van der Waals surface area contributed by atoms with E-state index in [1.54, 1.807) is 24.3 Å². The average molecular weight is 290 g/mol. The van der Waals surface area contributed by atoms with Gasteiger partial charge in [0.05, 0.1) is 5.69 Å².